The van der Waals surface area contributed by atoms with Crippen molar-refractivity contribution in [2.45, 2.75) is 42.2 Å². The first-order valence-electron chi connectivity index (χ1n) is 9.94. The third kappa shape index (κ3) is 4.33. The molecule has 6 nitrogen and oxygen atoms in total. The molecule has 2 saturated carbocycles. The van der Waals surface area contributed by atoms with Crippen molar-refractivity contribution >= 4 is 50.4 Å². The van der Waals surface area contributed by atoms with E-state index in [1.54, 1.807) is 0 Å². The Morgan fingerprint density at radius 2 is 1.65 bits per heavy atom. The number of carbonyl (C=O) groups is 1. The SMILES string of the molecule is O=C(Nc1ccc(Cl)c(S(=O)(=O)C2C[C@H]3CC[C@H](C2)C3)c1O)Nc1cccc(F)c1Cl. The maximum atomic E-state index is 13.6. The van der Waals surface area contributed by atoms with Crippen molar-refractivity contribution in [1.29, 1.82) is 0 Å². The van der Waals surface area contributed by atoms with Crippen LogP contribution in [0.4, 0.5) is 20.6 Å². The van der Waals surface area contributed by atoms with Crippen LogP contribution in [0, 0.1) is 17.7 Å². The summed E-state index contributed by atoms with van der Waals surface area (Å²) in [7, 11) is -3.90. The Morgan fingerprint density at radius 3 is 2.32 bits per heavy atom. The van der Waals surface area contributed by atoms with Crippen LogP contribution >= 0.6 is 23.2 Å². The van der Waals surface area contributed by atoms with Gasteiger partial charge in [0.05, 0.1) is 26.7 Å². The van der Waals surface area contributed by atoms with E-state index < -0.39 is 32.7 Å². The number of hydrogen-bond donors (Lipinski definition) is 3. The number of urea groups is 1. The molecule has 3 N–H and O–H groups in total. The van der Waals surface area contributed by atoms with Gasteiger partial charge in [0.15, 0.2) is 15.6 Å². The number of halogens is 3. The number of carbonyl (C=O) groups excluding carboxylic acids is 1. The van der Waals surface area contributed by atoms with Crippen molar-refractivity contribution in [2.75, 3.05) is 10.6 Å². The van der Waals surface area contributed by atoms with E-state index in [-0.39, 0.29) is 26.3 Å². The van der Waals surface area contributed by atoms with Crippen LogP contribution in [-0.4, -0.2) is 24.8 Å². The van der Waals surface area contributed by atoms with Crippen LogP contribution in [0.2, 0.25) is 10.0 Å². The predicted octanol–water partition coefficient (Wildman–Crippen LogP) is 5.83. The molecular formula is C21H21Cl2FN2O4S. The van der Waals surface area contributed by atoms with Gasteiger partial charge in [-0.3, -0.25) is 0 Å². The zero-order valence-corrected chi connectivity index (χ0v) is 18.7. The number of phenolic OH excluding ortho intramolecular Hbond substituents is 1. The summed E-state index contributed by atoms with van der Waals surface area (Å²) >= 11 is 12.0. The average molecular weight is 487 g/mol. The molecule has 31 heavy (non-hydrogen) atoms. The van der Waals surface area contributed by atoms with Crippen LogP contribution in [0.5, 0.6) is 5.75 Å². The highest BCUT2D eigenvalue weighted by Crippen LogP contribution is 2.47. The van der Waals surface area contributed by atoms with Crippen molar-refractivity contribution in [3.63, 3.8) is 0 Å². The predicted molar refractivity (Wildman–Crippen MR) is 118 cm³/mol. The second-order valence-corrected chi connectivity index (χ2v) is 11.1. The minimum absolute atomic E-state index is 0.0261. The Hall–Kier alpha value is -2.03. The van der Waals surface area contributed by atoms with Crippen LogP contribution in [0.15, 0.2) is 35.2 Å². The van der Waals surface area contributed by atoms with Gasteiger partial charge >= 0.3 is 6.03 Å². The molecule has 2 aromatic carbocycles. The van der Waals surface area contributed by atoms with Gasteiger partial charge in [-0.15, -0.1) is 0 Å². The molecule has 0 radical (unpaired) electrons. The maximum Gasteiger partial charge on any atom is 0.323 e. The van der Waals surface area contributed by atoms with Crippen molar-refractivity contribution in [3.05, 3.63) is 46.2 Å². The number of fused-ring (bicyclic) bond motifs is 2. The number of aromatic hydroxyl groups is 1. The molecule has 10 heteroatoms. The summed E-state index contributed by atoms with van der Waals surface area (Å²) in [4.78, 5) is 12.0. The first-order chi connectivity index (χ1) is 14.7. The van der Waals surface area contributed by atoms with E-state index in [9.17, 15) is 22.7 Å². The average Bonchev–Trinajstić information content (AvgIpc) is 3.05. The molecule has 0 spiro atoms. The number of hydrogen-bond acceptors (Lipinski definition) is 4. The van der Waals surface area contributed by atoms with Gasteiger partial charge in [0, 0.05) is 0 Å². The van der Waals surface area contributed by atoms with Crippen LogP contribution < -0.4 is 10.6 Å². The minimum atomic E-state index is -3.90. The Morgan fingerprint density at radius 1 is 1.00 bits per heavy atom. The van der Waals surface area contributed by atoms with Crippen LogP contribution in [0.25, 0.3) is 0 Å². The number of sulfone groups is 1. The van der Waals surface area contributed by atoms with Crippen molar-refractivity contribution < 1.29 is 22.7 Å². The van der Waals surface area contributed by atoms with Crippen molar-refractivity contribution in [3.8, 4) is 5.75 Å². The van der Waals surface area contributed by atoms with Gasteiger partial charge < -0.3 is 15.7 Å². The molecule has 2 atom stereocenters. The number of anilines is 2. The number of nitrogens with one attached hydrogen (secondary N) is 2. The summed E-state index contributed by atoms with van der Waals surface area (Å²) in [5, 5.41) is 14.5. The van der Waals surface area contributed by atoms with Gasteiger partial charge in [0.25, 0.3) is 0 Å². The Kier molecular flexibility index (Phi) is 6.07. The van der Waals surface area contributed by atoms with E-state index >= 15 is 0 Å². The second kappa shape index (κ2) is 8.48. The highest BCUT2D eigenvalue weighted by atomic mass is 35.5. The largest absolute Gasteiger partial charge is 0.504 e. The third-order valence-electron chi connectivity index (χ3n) is 6.10. The molecular weight excluding hydrogens is 466 g/mol. The van der Waals surface area contributed by atoms with Gasteiger partial charge in [-0.25, -0.2) is 17.6 Å². The van der Waals surface area contributed by atoms with E-state index in [2.05, 4.69) is 10.6 Å². The van der Waals surface area contributed by atoms with Crippen LogP contribution in [-0.2, 0) is 9.84 Å². The highest BCUT2D eigenvalue weighted by Gasteiger charge is 2.42. The first kappa shape index (κ1) is 22.2. The van der Waals surface area contributed by atoms with E-state index in [0.29, 0.717) is 24.7 Å². The molecule has 0 saturated heterocycles. The zero-order chi connectivity index (χ0) is 22.3. The minimum Gasteiger partial charge on any atom is -0.504 e. The monoisotopic (exact) mass is 486 g/mol. The standard InChI is InChI=1S/C21H21Cl2FN2O4S/c22-14-6-7-17(26-21(28)25-16-3-1-2-15(24)18(16)23)19(27)20(14)31(29,30)13-9-11-4-5-12(8-11)10-13/h1-3,6-7,11-13,27H,4-5,8-10H2,(H2,25,26,28)/t11-,12-/m0/s1. The molecule has 2 bridgehead atoms. The van der Waals surface area contributed by atoms with Crippen molar-refractivity contribution in [1.82, 2.24) is 0 Å². The number of benzene rings is 2. The Labute approximate surface area is 189 Å². The fourth-order valence-electron chi connectivity index (χ4n) is 4.66. The molecule has 2 aromatic rings. The lowest BCUT2D eigenvalue weighted by molar-refractivity contribution is 0.262. The van der Waals surface area contributed by atoms with E-state index in [0.717, 1.165) is 25.3 Å². The molecule has 2 fully saturated rings. The first-order valence-corrected chi connectivity index (χ1v) is 12.2. The van der Waals surface area contributed by atoms with E-state index in [4.69, 9.17) is 23.2 Å². The summed E-state index contributed by atoms with van der Waals surface area (Å²) in [5.41, 5.74) is -0.107. The van der Waals surface area contributed by atoms with E-state index in [1.807, 2.05) is 0 Å². The topological polar surface area (TPSA) is 95.5 Å². The van der Waals surface area contributed by atoms with Gasteiger partial charge in [0.2, 0.25) is 0 Å². The summed E-state index contributed by atoms with van der Waals surface area (Å²) < 4.78 is 40.2. The molecule has 0 unspecified atom stereocenters. The zero-order valence-electron chi connectivity index (χ0n) is 16.4. The fourth-order valence-corrected chi connectivity index (χ4v) is 7.41. The molecule has 0 aromatic heterocycles. The quantitative estimate of drug-likeness (QED) is 0.473. The summed E-state index contributed by atoms with van der Waals surface area (Å²) in [6.45, 7) is 0. The molecule has 0 heterocycles. The molecule has 166 valence electrons. The van der Waals surface area contributed by atoms with Gasteiger partial charge in [0.1, 0.15) is 10.7 Å². The maximum absolute atomic E-state index is 13.6. The van der Waals surface area contributed by atoms with Crippen LogP contribution in [0.1, 0.15) is 32.1 Å². The highest BCUT2D eigenvalue weighted by molar-refractivity contribution is 7.92. The van der Waals surface area contributed by atoms with Crippen molar-refractivity contribution in [2.24, 2.45) is 11.8 Å². The molecule has 2 aliphatic carbocycles. The Bertz CT molecular complexity index is 1130. The number of rotatable bonds is 4. The second-order valence-electron chi connectivity index (χ2n) is 8.14. The molecule has 2 aliphatic rings. The third-order valence-corrected chi connectivity index (χ3v) is 9.15. The lowest BCUT2D eigenvalue weighted by atomic mass is 9.89. The molecule has 0 aliphatic heterocycles. The number of amides is 2. The number of phenols is 1. The summed E-state index contributed by atoms with van der Waals surface area (Å²) in [6.07, 6.45) is 4.20. The van der Waals surface area contributed by atoms with Crippen LogP contribution in [0.3, 0.4) is 0 Å². The Balaban J connectivity index is 1.59. The smallest absolute Gasteiger partial charge is 0.323 e. The summed E-state index contributed by atoms with van der Waals surface area (Å²) in [5.74, 6) is -0.570. The normalized spacial score (nSPS) is 22.9. The molecule has 2 amide bonds. The summed E-state index contributed by atoms with van der Waals surface area (Å²) in [6, 6.07) is 5.71. The van der Waals surface area contributed by atoms with E-state index in [1.165, 1.54) is 24.3 Å². The fraction of sp³-hybridized carbons (Fsp3) is 0.381. The van der Waals surface area contributed by atoms with Gasteiger partial charge in [-0.1, -0.05) is 42.1 Å². The lowest BCUT2D eigenvalue weighted by Gasteiger charge is -2.28. The van der Waals surface area contributed by atoms with Gasteiger partial charge in [-0.2, -0.15) is 0 Å². The van der Waals surface area contributed by atoms with Gasteiger partial charge in [-0.05, 0) is 55.4 Å². The molecule has 4 rings (SSSR count). The lowest BCUT2D eigenvalue weighted by Crippen LogP contribution is -2.29.